The molecule has 1 aliphatic carbocycles. The Morgan fingerprint density at radius 3 is 2.75 bits per heavy atom. The molecule has 0 heterocycles. The minimum atomic E-state index is -0.271. The van der Waals surface area contributed by atoms with Crippen LogP contribution in [-0.4, -0.2) is 13.1 Å². The maximum Gasteiger partial charge on any atom is 0.313 e. The largest absolute Gasteiger partial charge is 0.469 e. The van der Waals surface area contributed by atoms with Crippen molar-refractivity contribution in [1.82, 2.24) is 0 Å². The summed E-state index contributed by atoms with van der Waals surface area (Å²) in [5.74, 6) is -0.344. The molecular weight excluding hydrogens is 322 g/mol. The van der Waals surface area contributed by atoms with Crippen molar-refractivity contribution in [2.24, 2.45) is 5.92 Å². The van der Waals surface area contributed by atoms with Gasteiger partial charge in [-0.05, 0) is 59.0 Å². The Kier molecular flexibility index (Phi) is 3.47. The van der Waals surface area contributed by atoms with Gasteiger partial charge < -0.3 is 4.74 Å². The average molecular weight is 334 g/mol. The number of halogens is 2. The fourth-order valence-corrected chi connectivity index (χ4v) is 2.70. The van der Waals surface area contributed by atoms with Gasteiger partial charge in [0.1, 0.15) is 5.82 Å². The predicted molar refractivity (Wildman–Crippen MR) is 66.6 cm³/mol. The zero-order chi connectivity index (χ0) is 11.7. The number of carbonyl (C=O) groups is 1. The Balaban J connectivity index is 2.34. The third-order valence-corrected chi connectivity index (χ3v) is 3.78. The monoisotopic (exact) mass is 334 g/mol. The molecule has 0 N–H and O–H groups in total. The van der Waals surface area contributed by atoms with E-state index < -0.39 is 0 Å². The first kappa shape index (κ1) is 11.8. The lowest BCUT2D eigenvalue weighted by atomic mass is 9.94. The van der Waals surface area contributed by atoms with Gasteiger partial charge in [-0.3, -0.25) is 4.79 Å². The number of rotatable bonds is 3. The molecule has 0 spiro atoms. The maximum atomic E-state index is 13.0. The lowest BCUT2D eigenvalue weighted by Crippen LogP contribution is -2.17. The zero-order valence-corrected chi connectivity index (χ0v) is 11.0. The molecule has 2 rings (SSSR count). The van der Waals surface area contributed by atoms with Gasteiger partial charge in [0.15, 0.2) is 0 Å². The van der Waals surface area contributed by atoms with Gasteiger partial charge in [-0.15, -0.1) is 0 Å². The van der Waals surface area contributed by atoms with Crippen molar-refractivity contribution in [3.63, 3.8) is 0 Å². The van der Waals surface area contributed by atoms with E-state index in [1.807, 2.05) is 0 Å². The second-order valence-electron chi connectivity index (χ2n) is 4.00. The highest BCUT2D eigenvalue weighted by Gasteiger charge is 2.38. The van der Waals surface area contributed by atoms with Gasteiger partial charge in [0.2, 0.25) is 0 Å². The van der Waals surface area contributed by atoms with E-state index in [-0.39, 0.29) is 17.7 Å². The smallest absolute Gasteiger partial charge is 0.313 e. The summed E-state index contributed by atoms with van der Waals surface area (Å²) in [4.78, 5) is 11.7. The molecule has 1 aliphatic rings. The average Bonchev–Trinajstić information content (AvgIpc) is 3.05. The third kappa shape index (κ3) is 2.36. The summed E-state index contributed by atoms with van der Waals surface area (Å²) < 4.78 is 18.6. The molecule has 2 nitrogen and oxygen atoms in total. The first-order chi connectivity index (χ1) is 7.63. The van der Waals surface area contributed by atoms with Gasteiger partial charge in [-0.25, -0.2) is 4.39 Å². The SMILES string of the molecule is COC(=O)C(c1ccc(F)cc1I)C1CC1. The number of ether oxygens (including phenoxy) is 1. The van der Waals surface area contributed by atoms with E-state index in [4.69, 9.17) is 4.74 Å². The molecule has 0 amide bonds. The van der Waals surface area contributed by atoms with E-state index in [0.29, 0.717) is 5.92 Å². The molecule has 1 aromatic rings. The summed E-state index contributed by atoms with van der Waals surface area (Å²) in [5, 5.41) is 0. The van der Waals surface area contributed by atoms with Crippen LogP contribution in [0, 0.1) is 15.3 Å². The molecule has 86 valence electrons. The summed E-state index contributed by atoms with van der Waals surface area (Å²) in [6.45, 7) is 0. The summed E-state index contributed by atoms with van der Waals surface area (Å²) >= 11 is 2.06. The van der Waals surface area contributed by atoms with E-state index in [9.17, 15) is 9.18 Å². The van der Waals surface area contributed by atoms with Crippen molar-refractivity contribution in [2.75, 3.05) is 7.11 Å². The Hall–Kier alpha value is -0.650. The van der Waals surface area contributed by atoms with Crippen molar-refractivity contribution in [3.05, 3.63) is 33.1 Å². The van der Waals surface area contributed by atoms with Crippen LogP contribution in [0.3, 0.4) is 0 Å². The number of hydrogen-bond donors (Lipinski definition) is 0. The standard InChI is InChI=1S/C12H12FIO2/c1-16-12(15)11(7-2-3-7)9-5-4-8(13)6-10(9)14/h4-7,11H,2-3H2,1H3. The van der Waals surface area contributed by atoms with Crippen LogP contribution in [0.5, 0.6) is 0 Å². The summed E-state index contributed by atoms with van der Waals surface area (Å²) in [5.41, 5.74) is 0.886. The van der Waals surface area contributed by atoms with Gasteiger partial charge in [-0.1, -0.05) is 6.07 Å². The molecule has 1 aromatic carbocycles. The molecule has 1 unspecified atom stereocenters. The van der Waals surface area contributed by atoms with Gasteiger partial charge in [-0.2, -0.15) is 0 Å². The Morgan fingerprint density at radius 1 is 1.56 bits per heavy atom. The van der Waals surface area contributed by atoms with Gasteiger partial charge in [0.05, 0.1) is 13.0 Å². The van der Waals surface area contributed by atoms with E-state index in [1.165, 1.54) is 19.2 Å². The van der Waals surface area contributed by atoms with E-state index in [2.05, 4.69) is 22.6 Å². The van der Waals surface area contributed by atoms with Crippen LogP contribution in [0.25, 0.3) is 0 Å². The Morgan fingerprint density at radius 2 is 2.25 bits per heavy atom. The number of methoxy groups -OCH3 is 1. The molecule has 1 fully saturated rings. The minimum Gasteiger partial charge on any atom is -0.469 e. The molecule has 16 heavy (non-hydrogen) atoms. The Labute approximate surface area is 107 Å². The maximum absolute atomic E-state index is 13.0. The zero-order valence-electron chi connectivity index (χ0n) is 8.87. The van der Waals surface area contributed by atoms with E-state index in [0.717, 1.165) is 22.0 Å². The molecule has 0 saturated heterocycles. The van der Waals surface area contributed by atoms with E-state index in [1.54, 1.807) is 6.07 Å². The second-order valence-corrected chi connectivity index (χ2v) is 5.17. The number of benzene rings is 1. The van der Waals surface area contributed by atoms with Gasteiger partial charge >= 0.3 is 5.97 Å². The fourth-order valence-electron chi connectivity index (χ4n) is 1.88. The van der Waals surface area contributed by atoms with Gasteiger partial charge in [0.25, 0.3) is 0 Å². The van der Waals surface area contributed by atoms with Crippen LogP contribution in [0.4, 0.5) is 4.39 Å². The summed E-state index contributed by atoms with van der Waals surface area (Å²) in [6, 6.07) is 4.54. The molecule has 0 radical (unpaired) electrons. The van der Waals surface area contributed by atoms with Gasteiger partial charge in [0, 0.05) is 3.57 Å². The third-order valence-electron chi connectivity index (χ3n) is 2.85. The number of esters is 1. The van der Waals surface area contributed by atoms with Crippen LogP contribution in [0.15, 0.2) is 18.2 Å². The highest BCUT2D eigenvalue weighted by atomic mass is 127. The highest BCUT2D eigenvalue weighted by Crippen LogP contribution is 2.44. The van der Waals surface area contributed by atoms with Crippen LogP contribution < -0.4 is 0 Å². The normalized spacial score (nSPS) is 16.9. The Bertz CT molecular complexity index is 415. The molecule has 1 atom stereocenters. The molecule has 0 bridgehead atoms. The number of carbonyl (C=O) groups excluding carboxylic acids is 1. The summed E-state index contributed by atoms with van der Waals surface area (Å²) in [7, 11) is 1.40. The molecular formula is C12H12FIO2. The van der Waals surface area contributed by atoms with E-state index >= 15 is 0 Å². The number of hydrogen-bond acceptors (Lipinski definition) is 2. The van der Waals surface area contributed by atoms with Crippen molar-refractivity contribution < 1.29 is 13.9 Å². The minimum absolute atomic E-state index is 0.216. The summed E-state index contributed by atoms with van der Waals surface area (Å²) in [6.07, 6.45) is 2.10. The van der Waals surface area contributed by atoms with Crippen molar-refractivity contribution in [2.45, 2.75) is 18.8 Å². The predicted octanol–water partition coefficient (Wildman–Crippen LogP) is 3.10. The highest BCUT2D eigenvalue weighted by molar-refractivity contribution is 14.1. The topological polar surface area (TPSA) is 26.3 Å². The molecule has 0 aliphatic heterocycles. The lowest BCUT2D eigenvalue weighted by molar-refractivity contribution is -0.143. The lowest BCUT2D eigenvalue weighted by Gasteiger charge is -2.15. The molecule has 4 heteroatoms. The fraction of sp³-hybridized carbons (Fsp3) is 0.417. The quantitative estimate of drug-likeness (QED) is 0.627. The van der Waals surface area contributed by atoms with Crippen LogP contribution in [0.1, 0.15) is 24.3 Å². The van der Waals surface area contributed by atoms with Crippen molar-refractivity contribution in [3.8, 4) is 0 Å². The van der Waals surface area contributed by atoms with Crippen molar-refractivity contribution >= 4 is 28.6 Å². The van der Waals surface area contributed by atoms with Crippen LogP contribution >= 0.6 is 22.6 Å². The van der Waals surface area contributed by atoms with Crippen LogP contribution in [-0.2, 0) is 9.53 Å². The molecule has 1 saturated carbocycles. The van der Waals surface area contributed by atoms with Crippen molar-refractivity contribution in [1.29, 1.82) is 0 Å². The molecule has 0 aromatic heterocycles. The first-order valence-corrected chi connectivity index (χ1v) is 6.24. The first-order valence-electron chi connectivity index (χ1n) is 5.16. The second kappa shape index (κ2) is 4.69. The van der Waals surface area contributed by atoms with Crippen LogP contribution in [0.2, 0.25) is 0 Å².